The van der Waals surface area contributed by atoms with Crippen molar-refractivity contribution in [3.63, 3.8) is 0 Å². The first-order valence-electron chi connectivity index (χ1n) is 9.88. The van der Waals surface area contributed by atoms with Crippen LogP contribution in [0.1, 0.15) is 47.5 Å². The van der Waals surface area contributed by atoms with Crippen molar-refractivity contribution in [2.24, 2.45) is 16.2 Å². The molecule has 0 aromatic rings. The molecular weight excluding hydrogens is 368 g/mol. The largest absolute Gasteiger partial charge is 0.460 e. The van der Waals surface area contributed by atoms with Crippen LogP contribution in [0, 0.1) is 16.2 Å². The van der Waals surface area contributed by atoms with E-state index in [-0.39, 0.29) is 6.61 Å². The number of epoxide rings is 1. The molecule has 28 heavy (non-hydrogen) atoms. The molecule has 8 nitrogen and oxygen atoms in total. The summed E-state index contributed by atoms with van der Waals surface area (Å²) in [7, 11) is 0. The van der Waals surface area contributed by atoms with E-state index in [2.05, 4.69) is 0 Å². The SMILES string of the molecule is CC(=O)O[C@@H]1C[C@]2(C)[C@@]3(CO)[C@H](O)[C@H](OC(C)=O)C(C)(C)C[C@H]3O[C@H]1[C@@]21CO1. The highest BCUT2D eigenvalue weighted by atomic mass is 16.7. The van der Waals surface area contributed by atoms with Crippen LogP contribution in [-0.4, -0.2) is 71.5 Å². The highest BCUT2D eigenvalue weighted by molar-refractivity contribution is 5.67. The molecule has 0 aromatic carbocycles. The van der Waals surface area contributed by atoms with Crippen molar-refractivity contribution >= 4 is 11.9 Å². The Morgan fingerprint density at radius 3 is 2.21 bits per heavy atom. The van der Waals surface area contributed by atoms with E-state index >= 15 is 0 Å². The maximum Gasteiger partial charge on any atom is 0.303 e. The summed E-state index contributed by atoms with van der Waals surface area (Å²) in [6.07, 6.45) is -2.51. The molecule has 2 aliphatic heterocycles. The third-order valence-electron chi connectivity index (χ3n) is 7.88. The number of ether oxygens (including phenoxy) is 4. The van der Waals surface area contributed by atoms with Crippen molar-refractivity contribution in [1.29, 1.82) is 0 Å². The van der Waals surface area contributed by atoms with E-state index in [9.17, 15) is 19.8 Å². The van der Waals surface area contributed by atoms with Gasteiger partial charge in [0.05, 0.1) is 24.7 Å². The molecular formula is C20H30O8. The van der Waals surface area contributed by atoms with Gasteiger partial charge in [0.2, 0.25) is 0 Å². The van der Waals surface area contributed by atoms with Gasteiger partial charge in [0.1, 0.15) is 30.0 Å². The van der Waals surface area contributed by atoms with E-state index in [1.165, 1.54) is 13.8 Å². The second-order valence-electron chi connectivity index (χ2n) is 9.77. The first-order valence-corrected chi connectivity index (χ1v) is 9.88. The van der Waals surface area contributed by atoms with E-state index in [1.54, 1.807) is 0 Å². The van der Waals surface area contributed by atoms with Gasteiger partial charge in [-0.3, -0.25) is 9.59 Å². The molecule has 1 spiro atoms. The highest BCUT2D eigenvalue weighted by Gasteiger charge is 2.84. The first kappa shape index (κ1) is 20.1. The molecule has 2 N–H and O–H groups in total. The molecule has 8 heteroatoms. The maximum atomic E-state index is 11.7. The fraction of sp³-hybridized carbons (Fsp3) is 0.900. The lowest BCUT2D eigenvalue weighted by molar-refractivity contribution is -0.310. The van der Waals surface area contributed by atoms with Crippen molar-refractivity contribution in [3.05, 3.63) is 0 Å². The Morgan fingerprint density at radius 1 is 1.11 bits per heavy atom. The minimum Gasteiger partial charge on any atom is -0.460 e. The Bertz CT molecular complexity index is 700. The number of hydrogen-bond donors (Lipinski definition) is 2. The van der Waals surface area contributed by atoms with E-state index in [0.29, 0.717) is 19.4 Å². The van der Waals surface area contributed by atoms with Crippen LogP contribution in [0.25, 0.3) is 0 Å². The molecule has 8 atom stereocenters. The molecule has 0 unspecified atom stereocenters. The predicted molar refractivity (Wildman–Crippen MR) is 95.1 cm³/mol. The van der Waals surface area contributed by atoms with Crippen molar-refractivity contribution in [1.82, 2.24) is 0 Å². The minimum atomic E-state index is -1.15. The van der Waals surface area contributed by atoms with Crippen molar-refractivity contribution < 1.29 is 38.7 Å². The molecule has 2 bridgehead atoms. The number of carbonyl (C=O) groups excluding carboxylic acids is 2. The molecule has 4 rings (SSSR count). The highest BCUT2D eigenvalue weighted by Crippen LogP contribution is 2.73. The molecule has 2 aliphatic carbocycles. The average Bonchev–Trinajstić information content (AvgIpc) is 3.33. The molecule has 0 aromatic heterocycles. The molecule has 158 valence electrons. The zero-order valence-electron chi connectivity index (χ0n) is 17.1. The van der Waals surface area contributed by atoms with Crippen molar-refractivity contribution in [2.75, 3.05) is 13.2 Å². The number of aliphatic hydroxyl groups excluding tert-OH is 2. The maximum absolute atomic E-state index is 11.7. The van der Waals surface area contributed by atoms with Crippen LogP contribution in [0.3, 0.4) is 0 Å². The van der Waals surface area contributed by atoms with Crippen LogP contribution in [0.4, 0.5) is 0 Å². The summed E-state index contributed by atoms with van der Waals surface area (Å²) in [5.74, 6) is -0.884. The molecule has 0 amide bonds. The van der Waals surface area contributed by atoms with Crippen LogP contribution in [0.5, 0.6) is 0 Å². The lowest BCUT2D eigenvalue weighted by atomic mass is 9.47. The number of aliphatic hydroxyl groups is 2. The monoisotopic (exact) mass is 398 g/mol. The van der Waals surface area contributed by atoms with Crippen LogP contribution in [0.2, 0.25) is 0 Å². The van der Waals surface area contributed by atoms with Crippen LogP contribution >= 0.6 is 0 Å². The minimum absolute atomic E-state index is 0.353. The molecule has 2 heterocycles. The Hall–Kier alpha value is -1.22. The second-order valence-corrected chi connectivity index (χ2v) is 9.77. The van der Waals surface area contributed by atoms with Crippen LogP contribution in [0.15, 0.2) is 0 Å². The molecule has 0 radical (unpaired) electrons. The third-order valence-corrected chi connectivity index (χ3v) is 7.88. The summed E-state index contributed by atoms with van der Waals surface area (Å²) >= 11 is 0. The van der Waals surface area contributed by atoms with E-state index in [0.717, 1.165) is 0 Å². The van der Waals surface area contributed by atoms with Gasteiger partial charge in [-0.25, -0.2) is 0 Å². The van der Waals surface area contributed by atoms with Crippen molar-refractivity contribution in [2.45, 2.75) is 83.6 Å². The van der Waals surface area contributed by atoms with Gasteiger partial charge in [0.25, 0.3) is 0 Å². The van der Waals surface area contributed by atoms with E-state index < -0.39 is 64.3 Å². The molecule has 4 fully saturated rings. The summed E-state index contributed by atoms with van der Waals surface area (Å²) in [5.41, 5.74) is -3.10. The van der Waals surface area contributed by atoms with Gasteiger partial charge in [-0.15, -0.1) is 0 Å². The van der Waals surface area contributed by atoms with Gasteiger partial charge in [0.15, 0.2) is 0 Å². The quantitative estimate of drug-likeness (QED) is 0.524. The van der Waals surface area contributed by atoms with Gasteiger partial charge < -0.3 is 29.2 Å². The fourth-order valence-electron chi connectivity index (χ4n) is 6.42. The lowest BCUT2D eigenvalue weighted by Crippen LogP contribution is -2.74. The first-order chi connectivity index (χ1) is 12.9. The summed E-state index contributed by atoms with van der Waals surface area (Å²) in [6, 6.07) is 0. The number of rotatable bonds is 3. The average molecular weight is 398 g/mol. The summed E-state index contributed by atoms with van der Waals surface area (Å²) in [6.45, 7) is 8.53. The predicted octanol–water partition coefficient (Wildman–Crippen LogP) is 0.566. The fourth-order valence-corrected chi connectivity index (χ4v) is 6.42. The van der Waals surface area contributed by atoms with E-state index in [4.69, 9.17) is 18.9 Å². The van der Waals surface area contributed by atoms with Gasteiger partial charge in [0, 0.05) is 24.7 Å². The Balaban J connectivity index is 1.82. The van der Waals surface area contributed by atoms with Crippen LogP contribution < -0.4 is 0 Å². The zero-order chi connectivity index (χ0) is 20.7. The molecule has 4 aliphatic rings. The summed E-state index contributed by atoms with van der Waals surface area (Å²) < 4.78 is 23.4. The van der Waals surface area contributed by atoms with E-state index in [1.807, 2.05) is 20.8 Å². The zero-order valence-corrected chi connectivity index (χ0v) is 17.1. The van der Waals surface area contributed by atoms with Crippen molar-refractivity contribution in [3.8, 4) is 0 Å². The summed E-state index contributed by atoms with van der Waals surface area (Å²) in [4.78, 5) is 23.4. The number of esters is 2. The van der Waals surface area contributed by atoms with Gasteiger partial charge in [-0.05, 0) is 12.8 Å². The topological polar surface area (TPSA) is 115 Å². The Morgan fingerprint density at radius 2 is 1.71 bits per heavy atom. The number of fused-ring (bicyclic) bond motifs is 2. The smallest absolute Gasteiger partial charge is 0.303 e. The third kappa shape index (κ3) is 2.26. The van der Waals surface area contributed by atoms with Crippen LogP contribution in [-0.2, 0) is 28.5 Å². The Kier molecular flexibility index (Phi) is 4.23. The molecule has 2 saturated heterocycles. The van der Waals surface area contributed by atoms with Gasteiger partial charge >= 0.3 is 11.9 Å². The Labute approximate surface area is 164 Å². The van der Waals surface area contributed by atoms with Gasteiger partial charge in [-0.1, -0.05) is 20.8 Å². The second kappa shape index (κ2) is 5.90. The summed E-state index contributed by atoms with van der Waals surface area (Å²) in [5, 5.41) is 22.2. The number of carbonyl (C=O) groups is 2. The standard InChI is InChI=1S/C20H30O8/c1-10(22)26-12-6-18(5)19(8-21)13(28-15(12)20(18)9-25-20)7-17(3,4)16(14(19)24)27-11(2)23/h12-16,21,24H,6-9H2,1-5H3/t12-,13-,14-,15-,16+,18-,19-,20+/m1/s1. The normalized spacial score (nSPS) is 50.8. The number of hydrogen-bond acceptors (Lipinski definition) is 8. The van der Waals surface area contributed by atoms with Gasteiger partial charge in [-0.2, -0.15) is 0 Å². The molecule has 2 saturated carbocycles. The lowest BCUT2D eigenvalue weighted by Gasteiger charge is -2.63.